The smallest absolute Gasteiger partial charge is 0.410 e. The molecule has 6 heteroatoms. The highest BCUT2D eigenvalue weighted by Crippen LogP contribution is 2.25. The summed E-state index contributed by atoms with van der Waals surface area (Å²) >= 11 is 3.54. The Morgan fingerprint density at radius 1 is 1.22 bits per heavy atom. The third-order valence-electron chi connectivity index (χ3n) is 3.63. The molecule has 0 spiro atoms. The monoisotopic (exact) mass is 384 g/mol. The number of hydrogen-bond acceptors (Lipinski definition) is 4. The van der Waals surface area contributed by atoms with Crippen molar-refractivity contribution in [1.82, 2.24) is 4.90 Å². The molecule has 1 aromatic rings. The molecule has 1 aliphatic rings. The molecule has 1 heterocycles. The molecule has 0 saturated carbocycles. The van der Waals surface area contributed by atoms with Crippen LogP contribution in [0.2, 0.25) is 0 Å². The molecule has 2 rings (SSSR count). The van der Waals surface area contributed by atoms with Crippen LogP contribution in [0.3, 0.4) is 0 Å². The van der Waals surface area contributed by atoms with E-state index in [4.69, 9.17) is 9.47 Å². The van der Waals surface area contributed by atoms with E-state index in [0.29, 0.717) is 19.7 Å². The number of rotatable bonds is 3. The van der Waals surface area contributed by atoms with Crippen LogP contribution < -0.4 is 4.90 Å². The molecule has 1 fully saturated rings. The fourth-order valence-corrected chi connectivity index (χ4v) is 2.86. The van der Waals surface area contributed by atoms with Gasteiger partial charge in [-0.1, -0.05) is 15.9 Å². The maximum Gasteiger partial charge on any atom is 0.410 e. The Balaban J connectivity index is 1.96. The third kappa shape index (κ3) is 5.11. The van der Waals surface area contributed by atoms with Crippen molar-refractivity contribution in [2.24, 2.45) is 0 Å². The fourth-order valence-electron chi connectivity index (χ4n) is 2.50. The zero-order valence-electron chi connectivity index (χ0n) is 14.3. The Morgan fingerprint density at radius 2 is 1.87 bits per heavy atom. The first-order valence-corrected chi connectivity index (χ1v) is 8.59. The first-order chi connectivity index (χ1) is 10.8. The number of ether oxygens (including phenoxy) is 2. The molecule has 0 aliphatic carbocycles. The summed E-state index contributed by atoms with van der Waals surface area (Å²) in [5.41, 5.74) is 1.83. The van der Waals surface area contributed by atoms with Gasteiger partial charge in [-0.05, 0) is 44.5 Å². The normalized spacial score (nSPS) is 15.7. The van der Waals surface area contributed by atoms with E-state index in [1.807, 2.05) is 26.8 Å². The van der Waals surface area contributed by atoms with Crippen molar-refractivity contribution in [3.63, 3.8) is 0 Å². The summed E-state index contributed by atoms with van der Waals surface area (Å²) in [7, 11) is 1.69. The maximum atomic E-state index is 12.1. The lowest BCUT2D eigenvalue weighted by molar-refractivity contribution is 0.0240. The van der Waals surface area contributed by atoms with Crippen molar-refractivity contribution >= 4 is 27.7 Å². The zero-order chi connectivity index (χ0) is 17.0. The standard InChI is InChI=1S/C17H25BrN2O3/c1-17(2,3)23-16(21)20-9-7-19(8-10-20)14-5-6-15(18)13(11-14)12-22-4/h5-6,11H,7-10,12H2,1-4H3. The van der Waals surface area contributed by atoms with Crippen molar-refractivity contribution in [2.45, 2.75) is 33.0 Å². The van der Waals surface area contributed by atoms with Gasteiger partial charge in [-0.2, -0.15) is 0 Å². The lowest BCUT2D eigenvalue weighted by Crippen LogP contribution is -2.50. The van der Waals surface area contributed by atoms with Crippen molar-refractivity contribution < 1.29 is 14.3 Å². The van der Waals surface area contributed by atoms with Crippen LogP contribution in [0.25, 0.3) is 0 Å². The van der Waals surface area contributed by atoms with Crippen LogP contribution in [-0.2, 0) is 16.1 Å². The van der Waals surface area contributed by atoms with Crippen molar-refractivity contribution in [3.8, 4) is 0 Å². The van der Waals surface area contributed by atoms with E-state index in [1.54, 1.807) is 12.0 Å². The quantitative estimate of drug-likeness (QED) is 0.797. The Labute approximate surface area is 146 Å². The Hall–Kier alpha value is -1.27. The summed E-state index contributed by atoms with van der Waals surface area (Å²) in [6.07, 6.45) is -0.229. The molecule has 1 aromatic carbocycles. The van der Waals surface area contributed by atoms with Crippen LogP contribution in [0.15, 0.2) is 22.7 Å². The molecular formula is C17H25BrN2O3. The topological polar surface area (TPSA) is 42.0 Å². The molecule has 0 atom stereocenters. The summed E-state index contributed by atoms with van der Waals surface area (Å²) in [5, 5.41) is 0. The highest BCUT2D eigenvalue weighted by atomic mass is 79.9. The van der Waals surface area contributed by atoms with E-state index < -0.39 is 5.60 Å². The van der Waals surface area contributed by atoms with Gasteiger partial charge in [0, 0.05) is 43.4 Å². The van der Waals surface area contributed by atoms with Crippen LogP contribution in [0.4, 0.5) is 10.5 Å². The number of benzene rings is 1. The van der Waals surface area contributed by atoms with Crippen molar-refractivity contribution in [1.29, 1.82) is 0 Å². The van der Waals surface area contributed by atoms with E-state index in [2.05, 4.69) is 33.0 Å². The first-order valence-electron chi connectivity index (χ1n) is 7.80. The summed E-state index contributed by atoms with van der Waals surface area (Å²) in [6, 6.07) is 6.27. The molecule has 1 saturated heterocycles. The number of amides is 1. The second kappa shape index (κ2) is 7.53. The maximum absolute atomic E-state index is 12.1. The minimum Gasteiger partial charge on any atom is -0.444 e. The Kier molecular flexibility index (Phi) is 5.92. The van der Waals surface area contributed by atoms with Crippen LogP contribution >= 0.6 is 15.9 Å². The molecule has 0 unspecified atom stereocenters. The van der Waals surface area contributed by atoms with Gasteiger partial charge in [0.2, 0.25) is 0 Å². The molecule has 128 valence electrons. The van der Waals surface area contributed by atoms with E-state index in [9.17, 15) is 4.79 Å². The van der Waals surface area contributed by atoms with Gasteiger partial charge in [0.05, 0.1) is 6.61 Å². The van der Waals surface area contributed by atoms with Gasteiger partial charge in [-0.3, -0.25) is 0 Å². The SMILES string of the molecule is COCc1cc(N2CCN(C(=O)OC(C)(C)C)CC2)ccc1Br. The molecule has 5 nitrogen and oxygen atoms in total. The molecule has 0 radical (unpaired) electrons. The molecule has 23 heavy (non-hydrogen) atoms. The van der Waals surface area contributed by atoms with Gasteiger partial charge < -0.3 is 19.3 Å². The minimum atomic E-state index is -0.449. The molecule has 0 N–H and O–H groups in total. The van der Waals surface area contributed by atoms with Crippen LogP contribution in [0.5, 0.6) is 0 Å². The van der Waals surface area contributed by atoms with Gasteiger partial charge in [-0.15, -0.1) is 0 Å². The van der Waals surface area contributed by atoms with E-state index in [1.165, 1.54) is 0 Å². The Bertz CT molecular complexity index is 549. The van der Waals surface area contributed by atoms with E-state index in [-0.39, 0.29) is 6.09 Å². The fraction of sp³-hybridized carbons (Fsp3) is 0.588. The molecule has 0 bridgehead atoms. The number of carbonyl (C=O) groups excluding carboxylic acids is 1. The summed E-state index contributed by atoms with van der Waals surface area (Å²) < 4.78 is 11.7. The average Bonchev–Trinajstić information content (AvgIpc) is 2.48. The van der Waals surface area contributed by atoms with Crippen molar-refractivity contribution in [2.75, 3.05) is 38.2 Å². The average molecular weight is 385 g/mol. The highest BCUT2D eigenvalue weighted by Gasteiger charge is 2.26. The number of carbonyl (C=O) groups is 1. The van der Waals surface area contributed by atoms with Crippen LogP contribution in [-0.4, -0.2) is 49.9 Å². The van der Waals surface area contributed by atoms with Gasteiger partial charge in [0.25, 0.3) is 0 Å². The number of nitrogens with zero attached hydrogens (tertiary/aromatic N) is 2. The summed E-state index contributed by atoms with van der Waals surface area (Å²) in [4.78, 5) is 16.2. The highest BCUT2D eigenvalue weighted by molar-refractivity contribution is 9.10. The number of piperazine rings is 1. The largest absolute Gasteiger partial charge is 0.444 e. The van der Waals surface area contributed by atoms with Gasteiger partial charge in [-0.25, -0.2) is 4.79 Å². The molecule has 1 amide bonds. The number of anilines is 1. The van der Waals surface area contributed by atoms with Crippen LogP contribution in [0.1, 0.15) is 26.3 Å². The minimum absolute atomic E-state index is 0.229. The van der Waals surface area contributed by atoms with Gasteiger partial charge >= 0.3 is 6.09 Å². The number of hydrogen-bond donors (Lipinski definition) is 0. The summed E-state index contributed by atoms with van der Waals surface area (Å²) in [5.74, 6) is 0. The van der Waals surface area contributed by atoms with Crippen molar-refractivity contribution in [3.05, 3.63) is 28.2 Å². The lowest BCUT2D eigenvalue weighted by atomic mass is 10.2. The second-order valence-electron chi connectivity index (χ2n) is 6.66. The second-order valence-corrected chi connectivity index (χ2v) is 7.52. The van der Waals surface area contributed by atoms with Crippen LogP contribution in [0, 0.1) is 0 Å². The predicted octanol–water partition coefficient (Wildman–Crippen LogP) is 3.65. The van der Waals surface area contributed by atoms with Gasteiger partial charge in [0.15, 0.2) is 0 Å². The zero-order valence-corrected chi connectivity index (χ0v) is 15.9. The molecule has 0 aromatic heterocycles. The summed E-state index contributed by atoms with van der Waals surface area (Å²) in [6.45, 7) is 9.18. The Morgan fingerprint density at radius 3 is 2.43 bits per heavy atom. The number of methoxy groups -OCH3 is 1. The molecule has 1 aliphatic heterocycles. The molecular weight excluding hydrogens is 360 g/mol. The third-order valence-corrected chi connectivity index (χ3v) is 4.40. The number of halogens is 1. The predicted molar refractivity (Wildman–Crippen MR) is 94.9 cm³/mol. The first kappa shape index (κ1) is 18.1. The lowest BCUT2D eigenvalue weighted by Gasteiger charge is -2.37. The van der Waals surface area contributed by atoms with Gasteiger partial charge in [0.1, 0.15) is 5.60 Å². The van der Waals surface area contributed by atoms with E-state index in [0.717, 1.165) is 28.8 Å². The van der Waals surface area contributed by atoms with E-state index >= 15 is 0 Å².